The highest BCUT2D eigenvalue weighted by Crippen LogP contribution is 2.46. The number of methoxy groups -OCH3 is 1. The fourth-order valence-corrected chi connectivity index (χ4v) is 4.48. The van der Waals surface area contributed by atoms with E-state index in [9.17, 15) is 27.6 Å². The van der Waals surface area contributed by atoms with E-state index in [-0.39, 0.29) is 17.1 Å². The average Bonchev–Trinajstić information content (AvgIpc) is 2.77. The first-order valence-electron chi connectivity index (χ1n) is 11.1. The first-order chi connectivity index (χ1) is 15.9. The molecule has 0 aromatic heterocycles. The number of nitrogens with one attached hydrogen (secondary N) is 1. The zero-order chi connectivity index (χ0) is 25.4. The Bertz CT molecular complexity index is 1060. The number of ether oxygens (including phenoxy) is 2. The van der Waals surface area contributed by atoms with Crippen molar-refractivity contribution in [2.24, 2.45) is 11.8 Å². The van der Waals surface area contributed by atoms with Crippen LogP contribution < -0.4 is 5.32 Å². The molecule has 184 valence electrons. The van der Waals surface area contributed by atoms with E-state index in [0.29, 0.717) is 29.8 Å². The molecule has 2 aliphatic rings. The quantitative estimate of drug-likeness (QED) is 0.489. The summed E-state index contributed by atoms with van der Waals surface area (Å²) in [6.07, 6.45) is -4.04. The van der Waals surface area contributed by atoms with Crippen LogP contribution in [0.2, 0.25) is 0 Å². The van der Waals surface area contributed by atoms with Gasteiger partial charge >= 0.3 is 18.1 Å². The fraction of sp³-hybridized carbons (Fsp3) is 0.480. The van der Waals surface area contributed by atoms with E-state index < -0.39 is 47.4 Å². The van der Waals surface area contributed by atoms with E-state index in [4.69, 9.17) is 9.47 Å². The maximum atomic E-state index is 13.6. The van der Waals surface area contributed by atoms with E-state index in [0.717, 1.165) is 12.1 Å². The van der Waals surface area contributed by atoms with Crippen molar-refractivity contribution in [1.29, 1.82) is 0 Å². The molecule has 3 rings (SSSR count). The molecule has 0 spiro atoms. The lowest BCUT2D eigenvalue weighted by Crippen LogP contribution is -2.43. The second-order valence-electron chi connectivity index (χ2n) is 8.78. The van der Waals surface area contributed by atoms with Crippen molar-refractivity contribution in [2.45, 2.75) is 58.7 Å². The number of ketones is 1. The van der Waals surface area contributed by atoms with Crippen molar-refractivity contribution < 1.29 is 37.0 Å². The standard InChI is InChI=1S/C25H28F3NO5/c1-6-13(3)34-24(32)19-14(4)29-17-11-12(2)18(23(31)33-5)22(30)21(17)20(19)15-7-9-16(10-8-15)25(26,27)28/h7-10,12-13,18,20,29H,6,11H2,1-5H3/t12-,13-,18-,20-/m1/s1. The van der Waals surface area contributed by atoms with Gasteiger partial charge < -0.3 is 14.8 Å². The Kier molecular flexibility index (Phi) is 7.24. The van der Waals surface area contributed by atoms with Gasteiger partial charge in [0.25, 0.3) is 0 Å². The van der Waals surface area contributed by atoms with Gasteiger partial charge in [0.05, 0.1) is 24.4 Å². The molecule has 34 heavy (non-hydrogen) atoms. The average molecular weight is 479 g/mol. The summed E-state index contributed by atoms with van der Waals surface area (Å²) in [7, 11) is 1.19. The van der Waals surface area contributed by atoms with E-state index in [1.165, 1.54) is 19.2 Å². The molecular formula is C25H28F3NO5. The normalized spacial score (nSPS) is 23.8. The first kappa shape index (κ1) is 25.5. The van der Waals surface area contributed by atoms with Crippen LogP contribution in [0, 0.1) is 11.8 Å². The topological polar surface area (TPSA) is 81.7 Å². The van der Waals surface area contributed by atoms with Crippen molar-refractivity contribution in [1.82, 2.24) is 5.32 Å². The number of esters is 2. The van der Waals surface area contributed by atoms with Crippen LogP contribution in [0.5, 0.6) is 0 Å². The van der Waals surface area contributed by atoms with Crippen LogP contribution >= 0.6 is 0 Å². The first-order valence-corrected chi connectivity index (χ1v) is 11.1. The number of Topliss-reactive ketones (excluding diaryl/α,β-unsaturated/α-hetero) is 1. The summed E-state index contributed by atoms with van der Waals surface area (Å²) in [4.78, 5) is 39.2. The number of rotatable bonds is 5. The number of hydrogen-bond acceptors (Lipinski definition) is 6. The van der Waals surface area contributed by atoms with Gasteiger partial charge in [0.1, 0.15) is 5.92 Å². The number of allylic oxidation sites excluding steroid dienone is 3. The van der Waals surface area contributed by atoms with Crippen LogP contribution in [0.1, 0.15) is 57.6 Å². The molecule has 9 heteroatoms. The maximum absolute atomic E-state index is 13.6. The van der Waals surface area contributed by atoms with E-state index >= 15 is 0 Å². The van der Waals surface area contributed by atoms with E-state index in [1.54, 1.807) is 20.8 Å². The molecule has 1 N–H and O–H groups in total. The molecule has 0 saturated heterocycles. The highest BCUT2D eigenvalue weighted by atomic mass is 19.4. The van der Waals surface area contributed by atoms with Crippen LogP contribution in [-0.4, -0.2) is 30.9 Å². The van der Waals surface area contributed by atoms with Crippen molar-refractivity contribution in [2.75, 3.05) is 7.11 Å². The maximum Gasteiger partial charge on any atom is 0.416 e. The van der Waals surface area contributed by atoms with Crippen LogP contribution in [0.4, 0.5) is 13.2 Å². The van der Waals surface area contributed by atoms with Crippen molar-refractivity contribution in [3.63, 3.8) is 0 Å². The third-order valence-corrected chi connectivity index (χ3v) is 6.42. The summed E-state index contributed by atoms with van der Waals surface area (Å²) in [5, 5.41) is 3.12. The molecular weight excluding hydrogens is 451 g/mol. The molecule has 1 heterocycles. The van der Waals surface area contributed by atoms with Crippen molar-refractivity contribution in [3.8, 4) is 0 Å². The number of benzene rings is 1. The van der Waals surface area contributed by atoms with Gasteiger partial charge in [0.2, 0.25) is 0 Å². The lowest BCUT2D eigenvalue weighted by atomic mass is 9.69. The molecule has 0 bridgehead atoms. The highest BCUT2D eigenvalue weighted by molar-refractivity contribution is 6.12. The largest absolute Gasteiger partial charge is 0.468 e. The zero-order valence-electron chi connectivity index (χ0n) is 19.7. The van der Waals surface area contributed by atoms with Crippen molar-refractivity contribution in [3.05, 3.63) is 57.9 Å². The predicted octanol–water partition coefficient (Wildman–Crippen LogP) is 4.66. The molecule has 1 aromatic carbocycles. The van der Waals surface area contributed by atoms with Gasteiger partial charge in [-0.25, -0.2) is 4.79 Å². The van der Waals surface area contributed by atoms with Gasteiger partial charge in [-0.05, 0) is 50.3 Å². The van der Waals surface area contributed by atoms with Gasteiger partial charge in [0.15, 0.2) is 5.78 Å². The fourth-order valence-electron chi connectivity index (χ4n) is 4.48. The molecule has 1 aliphatic heterocycles. The molecule has 6 nitrogen and oxygen atoms in total. The molecule has 0 saturated carbocycles. The highest BCUT2D eigenvalue weighted by Gasteiger charge is 2.47. The smallest absolute Gasteiger partial charge is 0.416 e. The Morgan fingerprint density at radius 1 is 1.21 bits per heavy atom. The van der Waals surface area contributed by atoms with Crippen LogP contribution in [0.15, 0.2) is 46.8 Å². The molecule has 0 amide bonds. The number of carbonyl (C=O) groups is 3. The third-order valence-electron chi connectivity index (χ3n) is 6.42. The lowest BCUT2D eigenvalue weighted by Gasteiger charge is -2.38. The number of halogens is 3. The van der Waals surface area contributed by atoms with Crippen LogP contribution in [0.3, 0.4) is 0 Å². The number of hydrogen-bond donors (Lipinski definition) is 1. The minimum absolute atomic E-state index is 0.130. The molecule has 1 aromatic rings. The monoisotopic (exact) mass is 479 g/mol. The number of alkyl halides is 3. The summed E-state index contributed by atoms with van der Waals surface area (Å²) >= 11 is 0. The molecule has 0 radical (unpaired) electrons. The molecule has 1 aliphatic carbocycles. The minimum atomic E-state index is -4.53. The van der Waals surface area contributed by atoms with Gasteiger partial charge in [-0.2, -0.15) is 13.2 Å². The molecule has 4 atom stereocenters. The summed E-state index contributed by atoms with van der Waals surface area (Å²) < 4.78 is 49.8. The van der Waals surface area contributed by atoms with Crippen LogP contribution in [0.25, 0.3) is 0 Å². The van der Waals surface area contributed by atoms with E-state index in [1.807, 2.05) is 6.92 Å². The van der Waals surface area contributed by atoms with E-state index in [2.05, 4.69) is 5.32 Å². The summed E-state index contributed by atoms with van der Waals surface area (Å²) in [5.74, 6) is -4.29. The summed E-state index contributed by atoms with van der Waals surface area (Å²) in [6.45, 7) is 6.99. The molecule has 0 fully saturated rings. The predicted molar refractivity (Wildman–Crippen MR) is 117 cm³/mol. The summed E-state index contributed by atoms with van der Waals surface area (Å²) in [6, 6.07) is 4.34. The number of carbonyl (C=O) groups excluding carboxylic acids is 3. The third kappa shape index (κ3) is 4.74. The van der Waals surface area contributed by atoms with Gasteiger partial charge in [-0.15, -0.1) is 0 Å². The van der Waals surface area contributed by atoms with Gasteiger partial charge in [0, 0.05) is 22.9 Å². The zero-order valence-corrected chi connectivity index (χ0v) is 19.7. The second-order valence-corrected chi connectivity index (χ2v) is 8.78. The Labute approximate surface area is 196 Å². The van der Waals surface area contributed by atoms with Gasteiger partial charge in [-0.3, -0.25) is 9.59 Å². The number of dihydropyridines is 1. The minimum Gasteiger partial charge on any atom is -0.468 e. The molecule has 0 unspecified atom stereocenters. The Morgan fingerprint density at radius 2 is 1.82 bits per heavy atom. The van der Waals surface area contributed by atoms with Crippen molar-refractivity contribution >= 4 is 17.7 Å². The summed E-state index contributed by atoms with van der Waals surface area (Å²) in [5.41, 5.74) is 0.776. The second kappa shape index (κ2) is 9.64. The Morgan fingerprint density at radius 3 is 2.35 bits per heavy atom. The Balaban J connectivity index is 2.17. The SMILES string of the molecule is CC[C@@H](C)OC(=O)C1=C(C)NC2=C(C(=O)[C@H](C(=O)OC)[C@H](C)C2)[C@@H]1c1ccc(C(F)(F)F)cc1. The Hall–Kier alpha value is -3.10. The van der Waals surface area contributed by atoms with Gasteiger partial charge in [-0.1, -0.05) is 26.0 Å². The lowest BCUT2D eigenvalue weighted by molar-refractivity contribution is -0.151. The van der Waals surface area contributed by atoms with Crippen LogP contribution in [-0.2, 0) is 30.0 Å².